The molecule has 16 heavy (non-hydrogen) atoms. The molecule has 0 heterocycles. The van der Waals surface area contributed by atoms with Crippen molar-refractivity contribution < 1.29 is 5.11 Å². The van der Waals surface area contributed by atoms with Crippen LogP contribution in [0.5, 0.6) is 0 Å². The number of hydrogen-bond donors (Lipinski definition) is 2. The van der Waals surface area contributed by atoms with Gasteiger partial charge in [0.2, 0.25) is 0 Å². The van der Waals surface area contributed by atoms with E-state index in [1.807, 2.05) is 12.1 Å². The fourth-order valence-corrected chi connectivity index (χ4v) is 2.40. The molecule has 0 spiro atoms. The Morgan fingerprint density at radius 3 is 2.69 bits per heavy atom. The lowest BCUT2D eigenvalue weighted by Gasteiger charge is -2.16. The zero-order valence-corrected chi connectivity index (χ0v) is 10.4. The Kier molecular flexibility index (Phi) is 4.09. The number of benzene rings is 1. The highest BCUT2D eigenvalue weighted by molar-refractivity contribution is 6.42. The first-order valence-electron chi connectivity index (χ1n) is 5.52. The third-order valence-electron chi connectivity index (χ3n) is 3.03. The maximum atomic E-state index is 9.66. The molecule has 0 radical (unpaired) electrons. The molecular weight excluding hydrogens is 245 g/mol. The zero-order valence-electron chi connectivity index (χ0n) is 8.92. The topological polar surface area (TPSA) is 32.3 Å². The first-order chi connectivity index (χ1) is 7.66. The Hall–Kier alpha value is -0.280. The second-order valence-corrected chi connectivity index (χ2v) is 5.05. The molecule has 0 aromatic heterocycles. The first kappa shape index (κ1) is 12.2. The van der Waals surface area contributed by atoms with E-state index >= 15 is 0 Å². The Morgan fingerprint density at radius 1 is 1.25 bits per heavy atom. The van der Waals surface area contributed by atoms with Crippen LogP contribution in [0, 0.1) is 0 Å². The number of aliphatic hydroxyl groups is 1. The van der Waals surface area contributed by atoms with E-state index in [0.29, 0.717) is 10.0 Å². The van der Waals surface area contributed by atoms with E-state index in [2.05, 4.69) is 5.32 Å². The molecule has 1 aliphatic carbocycles. The van der Waals surface area contributed by atoms with E-state index in [4.69, 9.17) is 23.2 Å². The van der Waals surface area contributed by atoms with Crippen LogP contribution in [0.15, 0.2) is 18.2 Å². The Bertz CT molecular complexity index is 370. The van der Waals surface area contributed by atoms with Gasteiger partial charge in [-0.15, -0.1) is 0 Å². The third kappa shape index (κ3) is 2.89. The van der Waals surface area contributed by atoms with Crippen molar-refractivity contribution in [2.75, 3.05) is 0 Å². The molecule has 0 amide bonds. The van der Waals surface area contributed by atoms with E-state index < -0.39 is 0 Å². The molecule has 1 aliphatic rings. The molecule has 2 rings (SSSR count). The van der Waals surface area contributed by atoms with Crippen molar-refractivity contribution in [1.82, 2.24) is 5.32 Å². The van der Waals surface area contributed by atoms with Gasteiger partial charge in [-0.25, -0.2) is 0 Å². The van der Waals surface area contributed by atoms with Crippen LogP contribution in [-0.2, 0) is 6.54 Å². The highest BCUT2D eigenvalue weighted by Gasteiger charge is 2.24. The van der Waals surface area contributed by atoms with Crippen LogP contribution in [0.2, 0.25) is 10.0 Å². The molecule has 0 unspecified atom stereocenters. The molecule has 0 aliphatic heterocycles. The van der Waals surface area contributed by atoms with Gasteiger partial charge in [-0.05, 0) is 37.0 Å². The zero-order chi connectivity index (χ0) is 11.5. The second-order valence-electron chi connectivity index (χ2n) is 4.23. The van der Waals surface area contributed by atoms with Crippen LogP contribution in [0.3, 0.4) is 0 Å². The molecule has 2 nitrogen and oxygen atoms in total. The highest BCUT2D eigenvalue weighted by atomic mass is 35.5. The monoisotopic (exact) mass is 259 g/mol. The highest BCUT2D eigenvalue weighted by Crippen LogP contribution is 2.23. The summed E-state index contributed by atoms with van der Waals surface area (Å²) in [6.45, 7) is 0.721. The Morgan fingerprint density at radius 2 is 2.06 bits per heavy atom. The summed E-state index contributed by atoms with van der Waals surface area (Å²) < 4.78 is 0. The van der Waals surface area contributed by atoms with Gasteiger partial charge in [-0.1, -0.05) is 29.3 Å². The molecule has 0 saturated heterocycles. The average Bonchev–Trinajstić information content (AvgIpc) is 2.66. The predicted octanol–water partition coefficient (Wildman–Crippen LogP) is 3.00. The van der Waals surface area contributed by atoms with Crippen LogP contribution in [0.4, 0.5) is 0 Å². The minimum Gasteiger partial charge on any atom is -0.392 e. The van der Waals surface area contributed by atoms with Crippen molar-refractivity contribution in [2.24, 2.45) is 0 Å². The third-order valence-corrected chi connectivity index (χ3v) is 3.77. The van der Waals surface area contributed by atoms with Crippen molar-refractivity contribution in [2.45, 2.75) is 38.0 Å². The van der Waals surface area contributed by atoms with E-state index in [1.165, 1.54) is 0 Å². The van der Waals surface area contributed by atoms with Crippen LogP contribution >= 0.6 is 23.2 Å². The minimum absolute atomic E-state index is 0.206. The smallest absolute Gasteiger partial charge is 0.0693 e. The molecule has 1 aromatic rings. The Labute approximate surface area is 106 Å². The molecule has 1 fully saturated rings. The minimum atomic E-state index is -0.206. The summed E-state index contributed by atoms with van der Waals surface area (Å²) in [5.41, 5.74) is 1.09. The van der Waals surface area contributed by atoms with Gasteiger partial charge >= 0.3 is 0 Å². The van der Waals surface area contributed by atoms with Crippen LogP contribution < -0.4 is 5.32 Å². The van der Waals surface area contributed by atoms with Crippen LogP contribution in [-0.4, -0.2) is 17.3 Å². The fraction of sp³-hybridized carbons (Fsp3) is 0.500. The van der Waals surface area contributed by atoms with Gasteiger partial charge in [0.1, 0.15) is 0 Å². The first-order valence-corrected chi connectivity index (χ1v) is 6.28. The number of halogens is 2. The maximum absolute atomic E-state index is 9.66. The van der Waals surface area contributed by atoms with Gasteiger partial charge in [-0.3, -0.25) is 0 Å². The summed E-state index contributed by atoms with van der Waals surface area (Å²) in [7, 11) is 0. The SMILES string of the molecule is O[C@H]1CCC[C@@H]1NCc1ccc(Cl)c(Cl)c1. The van der Waals surface area contributed by atoms with Crippen molar-refractivity contribution >= 4 is 23.2 Å². The quantitative estimate of drug-likeness (QED) is 0.875. The molecule has 88 valence electrons. The Balaban J connectivity index is 1.91. The maximum Gasteiger partial charge on any atom is 0.0693 e. The van der Waals surface area contributed by atoms with Crippen molar-refractivity contribution in [3.8, 4) is 0 Å². The van der Waals surface area contributed by atoms with Crippen molar-refractivity contribution in [3.05, 3.63) is 33.8 Å². The van der Waals surface area contributed by atoms with Gasteiger partial charge in [0.15, 0.2) is 0 Å². The molecule has 1 aromatic carbocycles. The van der Waals surface area contributed by atoms with Gasteiger partial charge in [0.05, 0.1) is 16.1 Å². The number of rotatable bonds is 3. The fourth-order valence-electron chi connectivity index (χ4n) is 2.08. The molecule has 0 bridgehead atoms. The van der Waals surface area contributed by atoms with Gasteiger partial charge in [-0.2, -0.15) is 0 Å². The van der Waals surface area contributed by atoms with Crippen molar-refractivity contribution in [1.29, 1.82) is 0 Å². The molecule has 2 atom stereocenters. The number of nitrogens with one attached hydrogen (secondary N) is 1. The lowest BCUT2D eigenvalue weighted by molar-refractivity contribution is 0.148. The summed E-state index contributed by atoms with van der Waals surface area (Å²) in [6, 6.07) is 5.82. The van der Waals surface area contributed by atoms with E-state index in [9.17, 15) is 5.11 Å². The molecule has 4 heteroatoms. The summed E-state index contributed by atoms with van der Waals surface area (Å²) in [5, 5.41) is 14.2. The second kappa shape index (κ2) is 5.37. The van der Waals surface area contributed by atoms with E-state index in [0.717, 1.165) is 31.4 Å². The standard InChI is InChI=1S/C12H15Cl2NO/c13-9-5-4-8(6-10(9)14)7-15-11-2-1-3-12(11)16/h4-6,11-12,15-16H,1-3,7H2/t11-,12-/m0/s1. The van der Waals surface area contributed by atoms with Crippen LogP contribution in [0.25, 0.3) is 0 Å². The lowest BCUT2D eigenvalue weighted by atomic mass is 10.2. The van der Waals surface area contributed by atoms with Gasteiger partial charge in [0.25, 0.3) is 0 Å². The average molecular weight is 260 g/mol. The summed E-state index contributed by atoms with van der Waals surface area (Å²) in [4.78, 5) is 0. The molecule has 1 saturated carbocycles. The molecular formula is C12H15Cl2NO. The van der Waals surface area contributed by atoms with Gasteiger partial charge < -0.3 is 10.4 Å². The summed E-state index contributed by atoms with van der Waals surface area (Å²) >= 11 is 11.8. The number of hydrogen-bond acceptors (Lipinski definition) is 2. The van der Waals surface area contributed by atoms with E-state index in [1.54, 1.807) is 6.07 Å². The van der Waals surface area contributed by atoms with Gasteiger partial charge in [0, 0.05) is 12.6 Å². The lowest BCUT2D eigenvalue weighted by Crippen LogP contribution is -2.35. The van der Waals surface area contributed by atoms with Crippen LogP contribution in [0.1, 0.15) is 24.8 Å². The summed E-state index contributed by atoms with van der Waals surface area (Å²) in [6.07, 6.45) is 2.84. The predicted molar refractivity (Wildman–Crippen MR) is 66.9 cm³/mol. The number of aliphatic hydroxyl groups excluding tert-OH is 1. The van der Waals surface area contributed by atoms with E-state index in [-0.39, 0.29) is 12.1 Å². The summed E-state index contributed by atoms with van der Waals surface area (Å²) in [5.74, 6) is 0. The normalized spacial score (nSPS) is 24.9. The van der Waals surface area contributed by atoms with Crippen molar-refractivity contribution in [3.63, 3.8) is 0 Å². The molecule has 2 N–H and O–H groups in total. The largest absolute Gasteiger partial charge is 0.392 e.